The largest absolute Gasteiger partial charge is 0.436 e. The number of nitriles is 1. The molecule has 0 saturated heterocycles. The zero-order valence-corrected chi connectivity index (χ0v) is 8.82. The van der Waals surface area contributed by atoms with Gasteiger partial charge < -0.3 is 0 Å². The first-order valence-electron chi connectivity index (χ1n) is 4.46. The standard InChI is InChI=1S/C9H5F6N3/c1-8(11,12)7-17-4(2-3-16)5(10)6(18-7)9(13,14)15/h2H2,1H3. The summed E-state index contributed by atoms with van der Waals surface area (Å²) in [6.45, 7) is 0.274. The summed E-state index contributed by atoms with van der Waals surface area (Å²) in [4.78, 5) is 5.44. The summed E-state index contributed by atoms with van der Waals surface area (Å²) >= 11 is 0. The first kappa shape index (κ1) is 14.2. The molecule has 0 aliphatic rings. The molecule has 9 heteroatoms. The molecule has 0 aromatic carbocycles. The number of alkyl halides is 5. The second-order valence-electron chi connectivity index (χ2n) is 3.38. The average molecular weight is 269 g/mol. The van der Waals surface area contributed by atoms with Crippen LogP contribution in [0.25, 0.3) is 0 Å². The fourth-order valence-corrected chi connectivity index (χ4v) is 1.07. The molecule has 1 aromatic rings. The first-order chi connectivity index (χ1) is 8.07. The third-order valence-corrected chi connectivity index (χ3v) is 1.83. The number of hydrogen-bond donors (Lipinski definition) is 0. The normalized spacial score (nSPS) is 12.3. The van der Waals surface area contributed by atoms with Crippen LogP contribution in [0, 0.1) is 17.1 Å². The lowest BCUT2D eigenvalue weighted by Crippen LogP contribution is -2.21. The summed E-state index contributed by atoms with van der Waals surface area (Å²) in [5, 5.41) is 8.29. The minimum Gasteiger partial charge on any atom is -0.228 e. The van der Waals surface area contributed by atoms with Crippen molar-refractivity contribution in [3.8, 4) is 6.07 Å². The SMILES string of the molecule is CC(F)(F)c1nc(CC#N)c(F)c(C(F)(F)F)n1. The monoisotopic (exact) mass is 269 g/mol. The van der Waals surface area contributed by atoms with Crippen molar-refractivity contribution in [2.75, 3.05) is 0 Å². The van der Waals surface area contributed by atoms with E-state index in [1.165, 1.54) is 6.07 Å². The molecule has 0 aliphatic heterocycles. The summed E-state index contributed by atoms with van der Waals surface area (Å²) in [7, 11) is 0. The zero-order valence-electron chi connectivity index (χ0n) is 8.82. The van der Waals surface area contributed by atoms with Crippen molar-refractivity contribution >= 4 is 0 Å². The summed E-state index contributed by atoms with van der Waals surface area (Å²) < 4.78 is 76.2. The maximum Gasteiger partial charge on any atom is 0.436 e. The van der Waals surface area contributed by atoms with Gasteiger partial charge in [-0.3, -0.25) is 0 Å². The van der Waals surface area contributed by atoms with Crippen LogP contribution in [-0.4, -0.2) is 9.97 Å². The van der Waals surface area contributed by atoms with Gasteiger partial charge in [0.25, 0.3) is 0 Å². The van der Waals surface area contributed by atoms with Gasteiger partial charge in [-0.25, -0.2) is 14.4 Å². The molecular formula is C9H5F6N3. The van der Waals surface area contributed by atoms with E-state index in [0.29, 0.717) is 0 Å². The highest BCUT2D eigenvalue weighted by molar-refractivity contribution is 5.20. The Morgan fingerprint density at radius 1 is 1.17 bits per heavy atom. The maximum atomic E-state index is 13.3. The van der Waals surface area contributed by atoms with Crippen LogP contribution in [0.2, 0.25) is 0 Å². The minimum absolute atomic E-state index is 0.274. The summed E-state index contributed by atoms with van der Waals surface area (Å²) in [6, 6.07) is 1.34. The molecule has 1 aromatic heterocycles. The third-order valence-electron chi connectivity index (χ3n) is 1.83. The van der Waals surface area contributed by atoms with Crippen LogP contribution >= 0.6 is 0 Å². The topological polar surface area (TPSA) is 49.6 Å². The van der Waals surface area contributed by atoms with Gasteiger partial charge in [0.2, 0.25) is 0 Å². The highest BCUT2D eigenvalue weighted by atomic mass is 19.4. The third kappa shape index (κ3) is 2.88. The molecule has 0 N–H and O–H groups in total. The van der Waals surface area contributed by atoms with E-state index in [4.69, 9.17) is 5.26 Å². The molecule has 98 valence electrons. The Morgan fingerprint density at radius 3 is 2.11 bits per heavy atom. The summed E-state index contributed by atoms with van der Waals surface area (Å²) in [5.74, 6) is -7.14. The van der Waals surface area contributed by atoms with Gasteiger partial charge in [0.1, 0.15) is 0 Å². The lowest BCUT2D eigenvalue weighted by atomic mass is 10.2. The summed E-state index contributed by atoms with van der Waals surface area (Å²) in [5.41, 5.74) is -3.10. The molecule has 18 heavy (non-hydrogen) atoms. The van der Waals surface area contributed by atoms with Crippen molar-refractivity contribution in [3.63, 3.8) is 0 Å². The van der Waals surface area contributed by atoms with E-state index < -0.39 is 41.5 Å². The van der Waals surface area contributed by atoms with Gasteiger partial charge in [-0.1, -0.05) is 0 Å². The zero-order chi connectivity index (χ0) is 14.1. The molecule has 0 unspecified atom stereocenters. The molecule has 0 saturated carbocycles. The Balaban J connectivity index is 3.53. The van der Waals surface area contributed by atoms with E-state index in [9.17, 15) is 26.3 Å². The average Bonchev–Trinajstić information content (AvgIpc) is 2.17. The van der Waals surface area contributed by atoms with Crippen LogP contribution in [0.1, 0.15) is 24.1 Å². The van der Waals surface area contributed by atoms with Crippen molar-refractivity contribution in [3.05, 3.63) is 23.0 Å². The van der Waals surface area contributed by atoms with Crippen molar-refractivity contribution in [1.82, 2.24) is 9.97 Å². The van der Waals surface area contributed by atoms with Gasteiger partial charge in [-0.15, -0.1) is 0 Å². The predicted octanol–water partition coefficient (Wildman–Crippen LogP) is 2.81. The Bertz CT molecular complexity index is 497. The molecule has 0 fully saturated rings. The van der Waals surface area contributed by atoms with E-state index >= 15 is 0 Å². The van der Waals surface area contributed by atoms with Gasteiger partial charge in [0.15, 0.2) is 17.3 Å². The molecule has 1 rings (SSSR count). The molecule has 0 amide bonds. The Kier molecular flexibility index (Phi) is 3.50. The van der Waals surface area contributed by atoms with Crippen molar-refractivity contribution in [2.24, 2.45) is 0 Å². The predicted molar refractivity (Wildman–Crippen MR) is 45.9 cm³/mol. The molecule has 0 aliphatic carbocycles. The molecular weight excluding hydrogens is 264 g/mol. The van der Waals surface area contributed by atoms with E-state index in [-0.39, 0.29) is 6.92 Å². The highest BCUT2D eigenvalue weighted by Crippen LogP contribution is 2.33. The molecule has 1 heterocycles. The van der Waals surface area contributed by atoms with Crippen LogP contribution in [0.3, 0.4) is 0 Å². The molecule has 0 bridgehead atoms. The molecule has 3 nitrogen and oxygen atoms in total. The number of rotatable bonds is 2. The van der Waals surface area contributed by atoms with Gasteiger partial charge in [0.05, 0.1) is 18.2 Å². The van der Waals surface area contributed by atoms with E-state index in [2.05, 4.69) is 9.97 Å². The quantitative estimate of drug-likeness (QED) is 0.776. The number of hydrogen-bond acceptors (Lipinski definition) is 3. The van der Waals surface area contributed by atoms with Crippen molar-refractivity contribution in [1.29, 1.82) is 5.26 Å². The lowest BCUT2D eigenvalue weighted by Gasteiger charge is -2.14. The molecule has 0 spiro atoms. The van der Waals surface area contributed by atoms with E-state index in [1.807, 2.05) is 0 Å². The van der Waals surface area contributed by atoms with Crippen LogP contribution in [0.15, 0.2) is 0 Å². The highest BCUT2D eigenvalue weighted by Gasteiger charge is 2.41. The number of nitrogens with zero attached hydrogens (tertiary/aromatic N) is 3. The Labute approximate surface area is 97.1 Å². The maximum absolute atomic E-state index is 13.3. The van der Waals surface area contributed by atoms with Gasteiger partial charge >= 0.3 is 12.1 Å². The Hall–Kier alpha value is -1.85. The number of aromatic nitrogens is 2. The van der Waals surface area contributed by atoms with Crippen LogP contribution in [-0.2, 0) is 18.5 Å². The fraction of sp³-hybridized carbons (Fsp3) is 0.444. The first-order valence-corrected chi connectivity index (χ1v) is 4.46. The van der Waals surface area contributed by atoms with Gasteiger partial charge in [0, 0.05) is 6.92 Å². The van der Waals surface area contributed by atoms with Gasteiger partial charge in [-0.05, 0) is 0 Å². The van der Waals surface area contributed by atoms with Crippen molar-refractivity contribution < 1.29 is 26.3 Å². The summed E-state index contributed by atoms with van der Waals surface area (Å²) in [6.07, 6.45) is -6.10. The minimum atomic E-state index is -5.24. The Morgan fingerprint density at radius 2 is 1.72 bits per heavy atom. The van der Waals surface area contributed by atoms with Crippen LogP contribution in [0.5, 0.6) is 0 Å². The van der Waals surface area contributed by atoms with Crippen LogP contribution in [0.4, 0.5) is 26.3 Å². The van der Waals surface area contributed by atoms with Gasteiger partial charge in [-0.2, -0.15) is 27.2 Å². The van der Waals surface area contributed by atoms with Crippen molar-refractivity contribution in [2.45, 2.75) is 25.4 Å². The second kappa shape index (κ2) is 4.44. The van der Waals surface area contributed by atoms with E-state index in [0.717, 1.165) is 0 Å². The smallest absolute Gasteiger partial charge is 0.228 e. The van der Waals surface area contributed by atoms with Crippen LogP contribution < -0.4 is 0 Å². The van der Waals surface area contributed by atoms with E-state index in [1.54, 1.807) is 0 Å². The number of halogens is 6. The lowest BCUT2D eigenvalue weighted by molar-refractivity contribution is -0.144. The molecule has 0 radical (unpaired) electrons. The second-order valence-corrected chi connectivity index (χ2v) is 3.38. The molecule has 0 atom stereocenters. The fourth-order valence-electron chi connectivity index (χ4n) is 1.07.